The van der Waals surface area contributed by atoms with Gasteiger partial charge in [-0.05, 0) is 74.7 Å². The van der Waals surface area contributed by atoms with E-state index in [2.05, 4.69) is 5.32 Å². The van der Waals surface area contributed by atoms with Crippen molar-refractivity contribution in [3.63, 3.8) is 0 Å². The number of sulfonamides is 1. The smallest absolute Gasteiger partial charge is 0.264 e. The first-order valence-electron chi connectivity index (χ1n) is 13.2. The summed E-state index contributed by atoms with van der Waals surface area (Å²) in [7, 11) is -4.20. The van der Waals surface area contributed by atoms with E-state index in [0.29, 0.717) is 32.7 Å². The monoisotopic (exact) mass is 637 g/mol. The molecule has 3 aromatic rings. The van der Waals surface area contributed by atoms with Crippen molar-refractivity contribution in [2.24, 2.45) is 0 Å². The topological polar surface area (TPSA) is 86.8 Å². The maximum Gasteiger partial charge on any atom is 0.264 e. The van der Waals surface area contributed by atoms with Gasteiger partial charge in [-0.3, -0.25) is 13.9 Å². The zero-order chi connectivity index (χ0) is 30.3. The average Bonchev–Trinajstić information content (AvgIpc) is 2.93. The van der Waals surface area contributed by atoms with Crippen molar-refractivity contribution in [2.75, 3.05) is 17.4 Å². The van der Waals surface area contributed by atoms with Crippen molar-refractivity contribution in [1.82, 2.24) is 10.2 Å². The van der Waals surface area contributed by atoms with Crippen LogP contribution in [0.5, 0.6) is 0 Å². The number of unbranched alkanes of at least 4 members (excludes halogenated alkanes) is 1. The third-order valence-electron chi connectivity index (χ3n) is 6.66. The molecule has 2 amide bonds. The predicted octanol–water partition coefficient (Wildman–Crippen LogP) is 6.79. The van der Waals surface area contributed by atoms with E-state index in [9.17, 15) is 18.0 Å². The Kier molecular flexibility index (Phi) is 11.5. The average molecular weight is 639 g/mol. The van der Waals surface area contributed by atoms with Crippen LogP contribution in [0.1, 0.15) is 43.4 Å². The second kappa shape index (κ2) is 14.4. The highest BCUT2D eigenvalue weighted by atomic mass is 35.5. The summed E-state index contributed by atoms with van der Waals surface area (Å²) in [4.78, 5) is 28.5. The number of carbonyl (C=O) groups excluding carboxylic acids is 2. The van der Waals surface area contributed by atoms with Crippen molar-refractivity contribution < 1.29 is 18.0 Å². The summed E-state index contributed by atoms with van der Waals surface area (Å²) in [6.07, 6.45) is 1.68. The van der Waals surface area contributed by atoms with Gasteiger partial charge in [-0.1, -0.05) is 78.0 Å². The Balaban J connectivity index is 2.06. The lowest BCUT2D eigenvalue weighted by atomic mass is 10.1. The third-order valence-corrected chi connectivity index (χ3v) is 9.41. The van der Waals surface area contributed by atoms with Crippen molar-refractivity contribution in [2.45, 2.75) is 58.0 Å². The maximum absolute atomic E-state index is 14.0. The second-order valence-electron chi connectivity index (χ2n) is 9.85. The molecule has 0 aliphatic carbocycles. The summed E-state index contributed by atoms with van der Waals surface area (Å²) in [5.41, 5.74) is 2.40. The highest BCUT2D eigenvalue weighted by molar-refractivity contribution is 7.92. The largest absolute Gasteiger partial charge is 0.354 e. The van der Waals surface area contributed by atoms with Crippen molar-refractivity contribution in [3.05, 3.63) is 92.4 Å². The molecule has 1 atom stereocenters. The lowest BCUT2D eigenvalue weighted by Crippen LogP contribution is -2.51. The minimum atomic E-state index is -4.20. The lowest BCUT2D eigenvalue weighted by molar-refractivity contribution is -0.139. The van der Waals surface area contributed by atoms with Gasteiger partial charge in [0, 0.05) is 18.1 Å². The molecule has 3 rings (SSSR count). The van der Waals surface area contributed by atoms with Crippen LogP contribution < -0.4 is 9.62 Å². The Morgan fingerprint density at radius 1 is 0.927 bits per heavy atom. The zero-order valence-corrected chi connectivity index (χ0v) is 26.5. The molecule has 0 aliphatic heterocycles. The fourth-order valence-electron chi connectivity index (χ4n) is 4.16. The Hall–Kier alpha value is -2.78. The second-order valence-corrected chi connectivity index (χ2v) is 13.0. The molecule has 41 heavy (non-hydrogen) atoms. The summed E-state index contributed by atoms with van der Waals surface area (Å²) in [5.74, 6) is -0.928. The molecule has 0 bridgehead atoms. The van der Waals surface area contributed by atoms with Gasteiger partial charge in [0.2, 0.25) is 11.8 Å². The van der Waals surface area contributed by atoms with Crippen LogP contribution in [0.4, 0.5) is 5.69 Å². The molecule has 0 saturated heterocycles. The Labute approximate surface area is 257 Å². The Morgan fingerprint density at radius 2 is 1.61 bits per heavy atom. The molecule has 0 fully saturated rings. The van der Waals surface area contributed by atoms with E-state index in [1.165, 1.54) is 23.1 Å². The fraction of sp³-hybridized carbons (Fsp3) is 0.333. The SMILES string of the molecule is CCCCNC(=O)[C@@H](C)N(Cc1ccc(Cl)c(Cl)c1)C(=O)CN(c1cc(Cl)ccc1C)S(=O)(=O)c1ccc(C)cc1. The van der Waals surface area contributed by atoms with Crippen LogP contribution in [0.3, 0.4) is 0 Å². The molecular weight excluding hydrogens is 605 g/mol. The Bertz CT molecular complexity index is 1500. The highest BCUT2D eigenvalue weighted by Gasteiger charge is 2.33. The molecule has 3 aromatic carbocycles. The number of amides is 2. The van der Waals surface area contributed by atoms with Gasteiger partial charge >= 0.3 is 0 Å². The first kappa shape index (κ1) is 32.7. The lowest BCUT2D eigenvalue weighted by Gasteiger charge is -2.32. The summed E-state index contributed by atoms with van der Waals surface area (Å²) < 4.78 is 29.0. The molecule has 0 aliphatic rings. The van der Waals surface area contributed by atoms with E-state index >= 15 is 0 Å². The molecule has 0 saturated carbocycles. The molecule has 1 N–H and O–H groups in total. The van der Waals surface area contributed by atoms with Gasteiger partial charge < -0.3 is 10.2 Å². The predicted molar refractivity (Wildman–Crippen MR) is 166 cm³/mol. The van der Waals surface area contributed by atoms with E-state index < -0.39 is 28.5 Å². The molecule has 0 unspecified atom stereocenters. The number of benzene rings is 3. The molecule has 7 nitrogen and oxygen atoms in total. The molecule has 11 heteroatoms. The van der Waals surface area contributed by atoms with Crippen molar-refractivity contribution >= 4 is 62.3 Å². The molecule has 0 heterocycles. The van der Waals surface area contributed by atoms with Crippen LogP contribution >= 0.6 is 34.8 Å². The van der Waals surface area contributed by atoms with E-state index in [1.807, 2.05) is 13.8 Å². The van der Waals surface area contributed by atoms with Gasteiger partial charge in [0.15, 0.2) is 0 Å². The van der Waals surface area contributed by atoms with Gasteiger partial charge in [-0.15, -0.1) is 0 Å². The number of aryl methyl sites for hydroxylation is 2. The van der Waals surface area contributed by atoms with Crippen LogP contribution in [0.15, 0.2) is 65.6 Å². The number of hydrogen-bond acceptors (Lipinski definition) is 4. The number of nitrogens with one attached hydrogen (secondary N) is 1. The van der Waals surface area contributed by atoms with Crippen LogP contribution in [0.25, 0.3) is 0 Å². The third kappa shape index (κ3) is 8.38. The van der Waals surface area contributed by atoms with E-state index in [0.717, 1.165) is 22.7 Å². The maximum atomic E-state index is 14.0. The quantitative estimate of drug-likeness (QED) is 0.221. The van der Waals surface area contributed by atoms with Gasteiger partial charge in [0.25, 0.3) is 10.0 Å². The Morgan fingerprint density at radius 3 is 2.24 bits per heavy atom. The minimum Gasteiger partial charge on any atom is -0.354 e. The van der Waals surface area contributed by atoms with Crippen LogP contribution in [-0.2, 0) is 26.2 Å². The first-order valence-corrected chi connectivity index (χ1v) is 15.8. The summed E-state index contributed by atoms with van der Waals surface area (Å²) in [5, 5.41) is 3.83. The van der Waals surface area contributed by atoms with E-state index in [-0.39, 0.29) is 23.0 Å². The van der Waals surface area contributed by atoms with Gasteiger partial charge in [-0.2, -0.15) is 0 Å². The van der Waals surface area contributed by atoms with Gasteiger partial charge in [0.1, 0.15) is 12.6 Å². The molecule has 0 radical (unpaired) electrons. The number of hydrogen-bond donors (Lipinski definition) is 1. The molecule has 0 spiro atoms. The fourth-order valence-corrected chi connectivity index (χ4v) is 6.11. The van der Waals surface area contributed by atoms with E-state index in [1.54, 1.807) is 56.3 Å². The minimum absolute atomic E-state index is 0.00499. The van der Waals surface area contributed by atoms with Crippen molar-refractivity contribution in [3.8, 4) is 0 Å². The molecule has 0 aromatic heterocycles. The highest BCUT2D eigenvalue weighted by Crippen LogP contribution is 2.30. The number of rotatable bonds is 12. The van der Waals surface area contributed by atoms with Crippen LogP contribution in [0.2, 0.25) is 15.1 Å². The summed E-state index contributed by atoms with van der Waals surface area (Å²) in [6.45, 7) is 7.12. The van der Waals surface area contributed by atoms with Gasteiger partial charge in [-0.25, -0.2) is 8.42 Å². The number of nitrogens with zero attached hydrogens (tertiary/aromatic N) is 2. The van der Waals surface area contributed by atoms with Crippen LogP contribution in [0, 0.1) is 13.8 Å². The zero-order valence-electron chi connectivity index (χ0n) is 23.5. The number of halogens is 3. The molecule has 220 valence electrons. The number of carbonyl (C=O) groups is 2. The normalized spacial score (nSPS) is 12.1. The standard InChI is InChI=1S/C30H34Cl3N3O4S/c1-5-6-15-34-30(38)22(4)35(18-23-10-14-26(32)27(33)16-23)29(37)19-36(28-17-24(31)11-9-21(28)3)41(39,40)25-12-7-20(2)8-13-25/h7-14,16-17,22H,5-6,15,18-19H2,1-4H3,(H,34,38)/t22-/m1/s1. The number of anilines is 1. The van der Waals surface area contributed by atoms with Gasteiger partial charge in [0.05, 0.1) is 20.6 Å². The first-order chi connectivity index (χ1) is 19.3. The van der Waals surface area contributed by atoms with Crippen LogP contribution in [-0.4, -0.2) is 44.3 Å². The molecular formula is C30H34Cl3N3O4S. The van der Waals surface area contributed by atoms with E-state index in [4.69, 9.17) is 34.8 Å². The summed E-state index contributed by atoms with van der Waals surface area (Å²) in [6, 6.07) is 15.3. The van der Waals surface area contributed by atoms with Crippen molar-refractivity contribution in [1.29, 1.82) is 0 Å². The summed E-state index contributed by atoms with van der Waals surface area (Å²) >= 11 is 18.6.